The third-order valence-corrected chi connectivity index (χ3v) is 3.62. The van der Waals surface area contributed by atoms with Crippen molar-refractivity contribution in [2.24, 2.45) is 23.3 Å². The van der Waals surface area contributed by atoms with Gasteiger partial charge in [0, 0.05) is 6.42 Å². The van der Waals surface area contributed by atoms with E-state index in [9.17, 15) is 9.59 Å². The standard InChI is InChI=1S/C8H15NO2.C6H13NO2/c9-5-6-1-3-7(4-2-6)8(10)11;7-5-3-1-2-4-6(8)9/h6-7H,1-5,9H2,(H,10,11);1-5,7H2,(H,8,9). The van der Waals surface area contributed by atoms with Crippen LogP contribution >= 0.6 is 0 Å². The second-order valence-corrected chi connectivity index (χ2v) is 5.28. The fourth-order valence-electron chi connectivity index (χ4n) is 2.24. The smallest absolute Gasteiger partial charge is 0.306 e. The SMILES string of the molecule is NCC1CCC(C(=O)O)CC1.NCCCCCC(=O)O. The first-order valence-corrected chi connectivity index (χ1v) is 7.36. The van der Waals surface area contributed by atoms with E-state index in [4.69, 9.17) is 21.7 Å². The zero-order chi connectivity index (χ0) is 15.4. The number of unbranched alkanes of at least 4 members (excludes halogenated alkanes) is 2. The Balaban J connectivity index is 0.000000370. The Morgan fingerprint density at radius 3 is 1.95 bits per heavy atom. The second-order valence-electron chi connectivity index (χ2n) is 5.28. The number of hydrogen-bond acceptors (Lipinski definition) is 4. The molecule has 0 radical (unpaired) electrons. The van der Waals surface area contributed by atoms with Crippen LogP contribution in [0.2, 0.25) is 0 Å². The maximum atomic E-state index is 10.5. The molecule has 1 fully saturated rings. The molecule has 0 heterocycles. The van der Waals surface area contributed by atoms with Crippen LogP contribution in [0.5, 0.6) is 0 Å². The van der Waals surface area contributed by atoms with Crippen LogP contribution in [0.1, 0.15) is 51.4 Å². The molecule has 0 atom stereocenters. The van der Waals surface area contributed by atoms with Gasteiger partial charge in [-0.05, 0) is 57.5 Å². The molecule has 6 N–H and O–H groups in total. The quantitative estimate of drug-likeness (QED) is 0.525. The summed E-state index contributed by atoms with van der Waals surface area (Å²) in [5, 5.41) is 16.8. The van der Waals surface area contributed by atoms with E-state index in [2.05, 4.69) is 0 Å². The minimum Gasteiger partial charge on any atom is -0.481 e. The highest BCUT2D eigenvalue weighted by atomic mass is 16.4. The molecule has 0 aliphatic heterocycles. The third kappa shape index (κ3) is 9.75. The van der Waals surface area contributed by atoms with Crippen LogP contribution in [0.25, 0.3) is 0 Å². The van der Waals surface area contributed by atoms with Crippen LogP contribution in [0.4, 0.5) is 0 Å². The Kier molecular flexibility index (Phi) is 11.0. The lowest BCUT2D eigenvalue weighted by atomic mass is 9.82. The topological polar surface area (TPSA) is 127 Å². The highest BCUT2D eigenvalue weighted by Gasteiger charge is 2.24. The van der Waals surface area contributed by atoms with Crippen molar-refractivity contribution in [3.05, 3.63) is 0 Å². The Morgan fingerprint density at radius 2 is 1.55 bits per heavy atom. The van der Waals surface area contributed by atoms with Crippen molar-refractivity contribution in [3.8, 4) is 0 Å². The summed E-state index contributed by atoms with van der Waals surface area (Å²) < 4.78 is 0. The number of nitrogens with two attached hydrogens (primary N) is 2. The first-order chi connectivity index (χ1) is 9.51. The predicted octanol–water partition coefficient (Wildman–Crippen LogP) is 1.43. The van der Waals surface area contributed by atoms with Crippen molar-refractivity contribution in [2.75, 3.05) is 13.1 Å². The molecule has 6 heteroatoms. The largest absolute Gasteiger partial charge is 0.481 e. The molecule has 0 saturated heterocycles. The molecule has 0 aromatic heterocycles. The fourth-order valence-corrected chi connectivity index (χ4v) is 2.24. The number of aliphatic carboxylic acids is 2. The number of rotatable bonds is 7. The van der Waals surface area contributed by atoms with Gasteiger partial charge in [0.15, 0.2) is 0 Å². The van der Waals surface area contributed by atoms with E-state index in [0.717, 1.165) is 44.9 Å². The van der Waals surface area contributed by atoms with Gasteiger partial charge >= 0.3 is 11.9 Å². The molecule has 0 aromatic rings. The van der Waals surface area contributed by atoms with Crippen LogP contribution in [0.15, 0.2) is 0 Å². The maximum absolute atomic E-state index is 10.5. The summed E-state index contributed by atoms with van der Waals surface area (Å²) in [5.74, 6) is -0.879. The Labute approximate surface area is 120 Å². The Morgan fingerprint density at radius 1 is 0.950 bits per heavy atom. The molecule has 6 nitrogen and oxygen atoms in total. The lowest BCUT2D eigenvalue weighted by molar-refractivity contribution is -0.143. The lowest BCUT2D eigenvalue weighted by Crippen LogP contribution is -2.25. The van der Waals surface area contributed by atoms with Crippen LogP contribution in [0, 0.1) is 11.8 Å². The normalized spacial score (nSPS) is 21.7. The van der Waals surface area contributed by atoms with E-state index < -0.39 is 11.9 Å². The van der Waals surface area contributed by atoms with Gasteiger partial charge in [-0.2, -0.15) is 0 Å². The van der Waals surface area contributed by atoms with Crippen molar-refractivity contribution < 1.29 is 19.8 Å². The molecule has 0 unspecified atom stereocenters. The first kappa shape index (κ1) is 18.9. The summed E-state index contributed by atoms with van der Waals surface area (Å²) in [6.45, 7) is 1.38. The van der Waals surface area contributed by atoms with Crippen molar-refractivity contribution in [3.63, 3.8) is 0 Å². The van der Waals surface area contributed by atoms with Crippen LogP contribution < -0.4 is 11.5 Å². The van der Waals surface area contributed by atoms with E-state index in [-0.39, 0.29) is 12.3 Å². The van der Waals surface area contributed by atoms with Crippen LogP contribution in [-0.4, -0.2) is 35.2 Å². The average molecular weight is 288 g/mol. The van der Waals surface area contributed by atoms with Crippen molar-refractivity contribution in [1.29, 1.82) is 0 Å². The van der Waals surface area contributed by atoms with Gasteiger partial charge in [0.25, 0.3) is 0 Å². The van der Waals surface area contributed by atoms with Gasteiger partial charge in [-0.3, -0.25) is 9.59 Å². The van der Waals surface area contributed by atoms with Gasteiger partial charge in [0.05, 0.1) is 5.92 Å². The number of carboxylic acids is 2. The lowest BCUT2D eigenvalue weighted by Gasteiger charge is -2.24. The molecule has 20 heavy (non-hydrogen) atoms. The van der Waals surface area contributed by atoms with Crippen LogP contribution in [-0.2, 0) is 9.59 Å². The molecule has 0 spiro atoms. The molecule has 1 saturated carbocycles. The third-order valence-electron chi connectivity index (χ3n) is 3.62. The maximum Gasteiger partial charge on any atom is 0.306 e. The predicted molar refractivity (Wildman–Crippen MR) is 77.3 cm³/mol. The average Bonchev–Trinajstić information content (AvgIpc) is 2.44. The molecular formula is C14H28N2O4. The van der Waals surface area contributed by atoms with E-state index in [1.54, 1.807) is 0 Å². The van der Waals surface area contributed by atoms with Gasteiger partial charge in [0.1, 0.15) is 0 Å². The van der Waals surface area contributed by atoms with Crippen molar-refractivity contribution in [2.45, 2.75) is 51.4 Å². The number of hydrogen-bond donors (Lipinski definition) is 4. The summed E-state index contributed by atoms with van der Waals surface area (Å²) >= 11 is 0. The molecule has 118 valence electrons. The fraction of sp³-hybridized carbons (Fsp3) is 0.857. The second kappa shape index (κ2) is 11.7. The summed E-state index contributed by atoms with van der Waals surface area (Å²) in [5.41, 5.74) is 10.7. The number of carbonyl (C=O) groups is 2. The summed E-state index contributed by atoms with van der Waals surface area (Å²) in [4.78, 5) is 20.4. The zero-order valence-electron chi connectivity index (χ0n) is 12.1. The molecule has 0 bridgehead atoms. The minimum atomic E-state index is -0.716. The van der Waals surface area contributed by atoms with E-state index in [0.29, 0.717) is 19.0 Å². The van der Waals surface area contributed by atoms with Gasteiger partial charge in [0.2, 0.25) is 0 Å². The monoisotopic (exact) mass is 288 g/mol. The summed E-state index contributed by atoms with van der Waals surface area (Å²) in [6, 6.07) is 0. The molecule has 1 aliphatic rings. The van der Waals surface area contributed by atoms with Gasteiger partial charge < -0.3 is 21.7 Å². The molecule has 0 aromatic carbocycles. The van der Waals surface area contributed by atoms with Crippen LogP contribution in [0.3, 0.4) is 0 Å². The zero-order valence-corrected chi connectivity index (χ0v) is 12.1. The highest BCUT2D eigenvalue weighted by molar-refractivity contribution is 5.70. The summed E-state index contributed by atoms with van der Waals surface area (Å²) in [6.07, 6.45) is 6.53. The highest BCUT2D eigenvalue weighted by Crippen LogP contribution is 2.27. The minimum absolute atomic E-state index is 0.0993. The molecule has 1 rings (SSSR count). The summed E-state index contributed by atoms with van der Waals surface area (Å²) in [7, 11) is 0. The van der Waals surface area contributed by atoms with E-state index in [1.807, 2.05) is 0 Å². The first-order valence-electron chi connectivity index (χ1n) is 7.36. The van der Waals surface area contributed by atoms with Gasteiger partial charge in [-0.25, -0.2) is 0 Å². The molecule has 0 amide bonds. The molecule has 1 aliphatic carbocycles. The van der Waals surface area contributed by atoms with Crippen molar-refractivity contribution in [1.82, 2.24) is 0 Å². The van der Waals surface area contributed by atoms with E-state index >= 15 is 0 Å². The molecular weight excluding hydrogens is 260 g/mol. The van der Waals surface area contributed by atoms with Gasteiger partial charge in [-0.15, -0.1) is 0 Å². The van der Waals surface area contributed by atoms with E-state index in [1.165, 1.54) is 0 Å². The Bertz CT molecular complexity index is 276. The number of carboxylic acid groups (broad SMARTS) is 2. The van der Waals surface area contributed by atoms with Gasteiger partial charge in [-0.1, -0.05) is 6.42 Å². The Hall–Kier alpha value is -1.14. The van der Waals surface area contributed by atoms with Crippen molar-refractivity contribution >= 4 is 11.9 Å².